The minimum absolute atomic E-state index is 0.0120. The van der Waals surface area contributed by atoms with Gasteiger partial charge in [0, 0.05) is 11.3 Å². The molecular weight excluding hydrogens is 490 g/mol. The second-order valence-corrected chi connectivity index (χ2v) is 9.75. The number of hydrogen-bond donors (Lipinski definition) is 4. The lowest BCUT2D eigenvalue weighted by Crippen LogP contribution is -2.40. The number of phenolic OH excluding ortho intramolecular Hbond substituents is 1. The number of amides is 3. The highest BCUT2D eigenvalue weighted by molar-refractivity contribution is 6.16. The Hall–Kier alpha value is -3.53. The van der Waals surface area contributed by atoms with E-state index < -0.39 is 55.0 Å². The number of fused-ring (bicyclic) bond motifs is 2. The Bertz CT molecular complexity index is 1310. The molecule has 1 aliphatic heterocycles. The van der Waals surface area contributed by atoms with Crippen LogP contribution in [0.25, 0.3) is 16.8 Å². The standard InChI is InChI=1S/C29H33NO8/c1-3-16(12-17-9-11-23(33)20-7-5-4-6-19(17)20)8-10-24(34)25-18(14-31)13-21-26(22(25)15-32)28(36)30(27(21)35)29(37)38-2/h4-7,9,11-12,21-22,24,26,31-34H,3,8,10,13-15H2,1-2H3/b16-12+/t21-,22+,24-,26-/m1/s1. The lowest BCUT2D eigenvalue weighted by molar-refractivity contribution is -0.137. The van der Waals surface area contributed by atoms with Gasteiger partial charge in [0.25, 0.3) is 0 Å². The van der Waals surface area contributed by atoms with Crippen molar-refractivity contribution in [1.82, 2.24) is 4.90 Å². The van der Waals surface area contributed by atoms with Gasteiger partial charge in [0.1, 0.15) is 5.75 Å². The molecule has 0 saturated carbocycles. The molecule has 4 N–H and O–H groups in total. The van der Waals surface area contributed by atoms with Crippen LogP contribution in [-0.4, -0.2) is 69.7 Å². The summed E-state index contributed by atoms with van der Waals surface area (Å²) in [6.45, 7) is 1.04. The SMILES string of the molecule is CC/C(=C\c1ccc(O)c2ccccc12)CC[C@@H](O)C1=C(CO)C[C@H]2C(=O)N(C(=O)OC)C(=O)[C@H]2[C@H]1CO. The number of imide groups is 3. The number of hydrogen-bond acceptors (Lipinski definition) is 8. The van der Waals surface area contributed by atoms with Crippen molar-refractivity contribution in [3.05, 3.63) is 58.7 Å². The predicted molar refractivity (Wildman–Crippen MR) is 140 cm³/mol. The molecule has 0 radical (unpaired) electrons. The molecule has 1 saturated heterocycles. The number of phenols is 1. The third kappa shape index (κ3) is 4.84. The topological polar surface area (TPSA) is 145 Å². The molecule has 0 aromatic heterocycles. The van der Waals surface area contributed by atoms with Crippen LogP contribution in [0.2, 0.25) is 0 Å². The summed E-state index contributed by atoms with van der Waals surface area (Å²) in [6, 6.07) is 11.0. The molecule has 9 heteroatoms. The number of methoxy groups -OCH3 is 1. The monoisotopic (exact) mass is 523 g/mol. The van der Waals surface area contributed by atoms with E-state index in [1.54, 1.807) is 6.07 Å². The Morgan fingerprint density at radius 1 is 1.13 bits per heavy atom. The summed E-state index contributed by atoms with van der Waals surface area (Å²) in [5, 5.41) is 43.4. The summed E-state index contributed by atoms with van der Waals surface area (Å²) < 4.78 is 4.59. The van der Waals surface area contributed by atoms with E-state index >= 15 is 0 Å². The number of carbonyl (C=O) groups is 3. The second kappa shape index (κ2) is 11.5. The van der Waals surface area contributed by atoms with E-state index in [0.717, 1.165) is 29.0 Å². The first-order valence-electron chi connectivity index (χ1n) is 12.7. The quantitative estimate of drug-likeness (QED) is 0.305. The fourth-order valence-corrected chi connectivity index (χ4v) is 5.86. The van der Waals surface area contributed by atoms with Crippen molar-refractivity contribution in [2.45, 2.75) is 38.7 Å². The number of carbonyl (C=O) groups excluding carboxylic acids is 3. The highest BCUT2D eigenvalue weighted by atomic mass is 16.5. The maximum atomic E-state index is 13.0. The van der Waals surface area contributed by atoms with Gasteiger partial charge < -0.3 is 25.2 Å². The van der Waals surface area contributed by atoms with Crippen LogP contribution in [0.1, 0.15) is 38.2 Å². The number of benzene rings is 2. The fourth-order valence-electron chi connectivity index (χ4n) is 5.86. The van der Waals surface area contributed by atoms with Crippen LogP contribution >= 0.6 is 0 Å². The first-order chi connectivity index (χ1) is 18.3. The third-order valence-corrected chi connectivity index (χ3v) is 7.78. The second-order valence-electron chi connectivity index (χ2n) is 9.75. The van der Waals surface area contributed by atoms with Crippen molar-refractivity contribution in [3.8, 4) is 5.75 Å². The van der Waals surface area contributed by atoms with Crippen LogP contribution in [0.4, 0.5) is 4.79 Å². The molecule has 0 bridgehead atoms. The molecule has 4 rings (SSSR count). The Labute approximate surface area is 220 Å². The summed E-state index contributed by atoms with van der Waals surface area (Å²) >= 11 is 0. The van der Waals surface area contributed by atoms with Crippen molar-refractivity contribution in [1.29, 1.82) is 0 Å². The van der Waals surface area contributed by atoms with Gasteiger partial charge >= 0.3 is 6.09 Å². The molecule has 2 aliphatic rings. The summed E-state index contributed by atoms with van der Waals surface area (Å²) in [5.41, 5.74) is 2.74. The van der Waals surface area contributed by atoms with Crippen molar-refractivity contribution in [3.63, 3.8) is 0 Å². The number of nitrogens with zero attached hydrogens (tertiary/aromatic N) is 1. The lowest BCUT2D eigenvalue weighted by atomic mass is 9.68. The number of aliphatic hydroxyl groups excluding tert-OH is 3. The van der Waals surface area contributed by atoms with Gasteiger partial charge in [-0.25, -0.2) is 4.79 Å². The zero-order valence-corrected chi connectivity index (χ0v) is 21.5. The maximum absolute atomic E-state index is 13.0. The van der Waals surface area contributed by atoms with Gasteiger partial charge in [-0.2, -0.15) is 4.90 Å². The smallest absolute Gasteiger partial charge is 0.423 e. The summed E-state index contributed by atoms with van der Waals surface area (Å²) in [5.74, 6) is -4.12. The molecule has 3 amide bonds. The van der Waals surface area contributed by atoms with E-state index in [9.17, 15) is 34.8 Å². The average molecular weight is 524 g/mol. The number of likely N-dealkylation sites (tertiary alicyclic amines) is 1. The molecule has 0 unspecified atom stereocenters. The first kappa shape index (κ1) is 27.5. The van der Waals surface area contributed by atoms with Gasteiger partial charge in [-0.15, -0.1) is 0 Å². The summed E-state index contributed by atoms with van der Waals surface area (Å²) in [7, 11) is 1.07. The molecule has 202 valence electrons. The molecule has 2 aromatic rings. The van der Waals surface area contributed by atoms with E-state index in [-0.39, 0.29) is 18.6 Å². The highest BCUT2D eigenvalue weighted by Crippen LogP contribution is 2.46. The Morgan fingerprint density at radius 2 is 1.84 bits per heavy atom. The van der Waals surface area contributed by atoms with Crippen molar-refractivity contribution in [2.75, 3.05) is 20.3 Å². The molecule has 2 aromatic carbocycles. The molecule has 38 heavy (non-hydrogen) atoms. The molecule has 1 aliphatic carbocycles. The number of aliphatic hydroxyl groups is 3. The molecule has 0 spiro atoms. The van der Waals surface area contributed by atoms with Gasteiger partial charge in [0.15, 0.2) is 0 Å². The zero-order valence-electron chi connectivity index (χ0n) is 21.5. The normalized spacial score (nSPS) is 22.7. The molecule has 1 heterocycles. The average Bonchev–Trinajstić information content (AvgIpc) is 3.19. The van der Waals surface area contributed by atoms with Crippen LogP contribution in [-0.2, 0) is 14.3 Å². The number of rotatable bonds is 8. The maximum Gasteiger partial charge on any atom is 0.423 e. The van der Waals surface area contributed by atoms with Crippen molar-refractivity contribution in [2.24, 2.45) is 17.8 Å². The molecule has 9 nitrogen and oxygen atoms in total. The van der Waals surface area contributed by atoms with E-state index in [1.165, 1.54) is 0 Å². The predicted octanol–water partition coefficient (Wildman–Crippen LogP) is 3.15. The van der Waals surface area contributed by atoms with E-state index in [4.69, 9.17) is 0 Å². The minimum atomic E-state index is -1.08. The minimum Gasteiger partial charge on any atom is -0.507 e. The van der Waals surface area contributed by atoms with Crippen LogP contribution in [0, 0.1) is 17.8 Å². The van der Waals surface area contributed by atoms with Gasteiger partial charge in [-0.3, -0.25) is 9.59 Å². The van der Waals surface area contributed by atoms with Crippen LogP contribution in [0.5, 0.6) is 5.75 Å². The Balaban J connectivity index is 1.59. The van der Waals surface area contributed by atoms with Crippen molar-refractivity contribution >= 4 is 34.8 Å². The van der Waals surface area contributed by atoms with E-state index in [2.05, 4.69) is 4.74 Å². The Kier molecular flexibility index (Phi) is 8.30. The number of allylic oxidation sites excluding steroid dienone is 1. The van der Waals surface area contributed by atoms with Gasteiger partial charge in [-0.1, -0.05) is 48.9 Å². The summed E-state index contributed by atoms with van der Waals surface area (Å²) in [4.78, 5) is 38.4. The van der Waals surface area contributed by atoms with Crippen molar-refractivity contribution < 1.29 is 39.5 Å². The Morgan fingerprint density at radius 3 is 2.47 bits per heavy atom. The van der Waals surface area contributed by atoms with E-state index in [0.29, 0.717) is 28.9 Å². The van der Waals surface area contributed by atoms with Gasteiger partial charge in [-0.05, 0) is 53.8 Å². The highest BCUT2D eigenvalue weighted by Gasteiger charge is 2.57. The molecule has 4 atom stereocenters. The fraction of sp³-hybridized carbons (Fsp3) is 0.414. The largest absolute Gasteiger partial charge is 0.507 e. The van der Waals surface area contributed by atoms with Crippen LogP contribution < -0.4 is 0 Å². The van der Waals surface area contributed by atoms with Crippen LogP contribution in [0.3, 0.4) is 0 Å². The van der Waals surface area contributed by atoms with Crippen LogP contribution in [0.15, 0.2) is 53.1 Å². The first-order valence-corrected chi connectivity index (χ1v) is 12.7. The van der Waals surface area contributed by atoms with Gasteiger partial charge in [0.05, 0.1) is 38.3 Å². The molecular formula is C29H33NO8. The van der Waals surface area contributed by atoms with Gasteiger partial charge in [0.2, 0.25) is 11.8 Å². The number of ether oxygens (including phenoxy) is 1. The lowest BCUT2D eigenvalue weighted by Gasteiger charge is -2.36. The summed E-state index contributed by atoms with van der Waals surface area (Å²) in [6.07, 6.45) is 1.37. The van der Waals surface area contributed by atoms with E-state index in [1.807, 2.05) is 43.3 Å². The number of aromatic hydroxyl groups is 1. The molecule has 1 fully saturated rings. The zero-order chi connectivity index (χ0) is 27.6. The third-order valence-electron chi connectivity index (χ3n) is 7.78.